The lowest BCUT2D eigenvalue weighted by molar-refractivity contribution is 0.273. The van der Waals surface area contributed by atoms with E-state index in [0.717, 1.165) is 11.7 Å². The van der Waals surface area contributed by atoms with E-state index in [4.69, 9.17) is 4.74 Å². The lowest BCUT2D eigenvalue weighted by Gasteiger charge is -2.27. The fourth-order valence-corrected chi connectivity index (χ4v) is 2.81. The highest BCUT2D eigenvalue weighted by Crippen LogP contribution is 2.37. The first-order valence-electron chi connectivity index (χ1n) is 7.82. The van der Waals surface area contributed by atoms with Gasteiger partial charge in [0.2, 0.25) is 0 Å². The van der Waals surface area contributed by atoms with Crippen molar-refractivity contribution in [1.82, 2.24) is 5.32 Å². The largest absolute Gasteiger partial charge is 0.492 e. The molecule has 1 saturated carbocycles. The van der Waals surface area contributed by atoms with Crippen LogP contribution in [0.2, 0.25) is 0 Å². The summed E-state index contributed by atoms with van der Waals surface area (Å²) in [6, 6.07) is 19.2. The predicted octanol–water partition coefficient (Wildman–Crippen LogP) is 4.29. The van der Waals surface area contributed by atoms with Crippen molar-refractivity contribution in [1.29, 1.82) is 0 Å². The Kier molecular flexibility index (Phi) is 4.56. The molecule has 2 heteroatoms. The van der Waals surface area contributed by atoms with Crippen molar-refractivity contribution in [2.45, 2.75) is 31.2 Å². The average Bonchev–Trinajstić information content (AvgIpc) is 2.48. The smallest absolute Gasteiger partial charge is 0.119 e. The SMILES string of the molecule is CNC(COc1ccccc1)c1cccc(C2CCC2)c1. The van der Waals surface area contributed by atoms with Gasteiger partial charge in [-0.1, -0.05) is 48.9 Å². The molecule has 21 heavy (non-hydrogen) atoms. The van der Waals surface area contributed by atoms with E-state index in [1.807, 2.05) is 37.4 Å². The normalized spacial score (nSPS) is 16.2. The first-order chi connectivity index (χ1) is 10.4. The number of hydrogen-bond acceptors (Lipinski definition) is 2. The van der Waals surface area contributed by atoms with Crippen LogP contribution in [0, 0.1) is 0 Å². The van der Waals surface area contributed by atoms with Crippen LogP contribution in [-0.4, -0.2) is 13.7 Å². The minimum Gasteiger partial charge on any atom is -0.492 e. The lowest BCUT2D eigenvalue weighted by atomic mass is 9.79. The highest BCUT2D eigenvalue weighted by Gasteiger charge is 2.20. The van der Waals surface area contributed by atoms with E-state index in [1.165, 1.54) is 30.4 Å². The van der Waals surface area contributed by atoms with Crippen molar-refractivity contribution < 1.29 is 4.74 Å². The van der Waals surface area contributed by atoms with Gasteiger partial charge in [-0.05, 0) is 49.1 Å². The van der Waals surface area contributed by atoms with Gasteiger partial charge in [-0.25, -0.2) is 0 Å². The quantitative estimate of drug-likeness (QED) is 0.852. The zero-order chi connectivity index (χ0) is 14.5. The summed E-state index contributed by atoms with van der Waals surface area (Å²) in [5.74, 6) is 1.70. The topological polar surface area (TPSA) is 21.3 Å². The van der Waals surface area contributed by atoms with Gasteiger partial charge in [-0.15, -0.1) is 0 Å². The molecule has 0 heterocycles. The van der Waals surface area contributed by atoms with Crippen LogP contribution in [0.25, 0.3) is 0 Å². The molecule has 0 aliphatic heterocycles. The van der Waals surface area contributed by atoms with Crippen LogP contribution in [0.3, 0.4) is 0 Å². The van der Waals surface area contributed by atoms with E-state index in [-0.39, 0.29) is 6.04 Å². The Morgan fingerprint density at radius 3 is 2.57 bits per heavy atom. The lowest BCUT2D eigenvalue weighted by Crippen LogP contribution is -2.23. The van der Waals surface area contributed by atoms with Crippen LogP contribution < -0.4 is 10.1 Å². The van der Waals surface area contributed by atoms with E-state index in [2.05, 4.69) is 29.6 Å². The van der Waals surface area contributed by atoms with Crippen molar-refractivity contribution in [3.05, 3.63) is 65.7 Å². The van der Waals surface area contributed by atoms with Crippen LogP contribution in [-0.2, 0) is 0 Å². The summed E-state index contributed by atoms with van der Waals surface area (Å²) in [6.07, 6.45) is 4.06. The molecule has 1 unspecified atom stereocenters. The molecule has 0 saturated heterocycles. The highest BCUT2D eigenvalue weighted by atomic mass is 16.5. The molecule has 2 aromatic carbocycles. The Balaban J connectivity index is 1.67. The maximum Gasteiger partial charge on any atom is 0.119 e. The zero-order valence-electron chi connectivity index (χ0n) is 12.6. The van der Waals surface area contributed by atoms with Gasteiger partial charge in [-0.3, -0.25) is 0 Å². The van der Waals surface area contributed by atoms with Crippen LogP contribution >= 0.6 is 0 Å². The van der Waals surface area contributed by atoms with Crippen molar-refractivity contribution >= 4 is 0 Å². The molecular formula is C19H23NO. The minimum absolute atomic E-state index is 0.227. The maximum atomic E-state index is 5.89. The molecule has 2 aromatic rings. The Morgan fingerprint density at radius 1 is 1.10 bits per heavy atom. The molecule has 1 aliphatic carbocycles. The maximum absolute atomic E-state index is 5.89. The minimum atomic E-state index is 0.227. The van der Waals surface area contributed by atoms with E-state index < -0.39 is 0 Å². The predicted molar refractivity (Wildman–Crippen MR) is 86.8 cm³/mol. The van der Waals surface area contributed by atoms with Gasteiger partial charge >= 0.3 is 0 Å². The van der Waals surface area contributed by atoms with E-state index in [9.17, 15) is 0 Å². The Morgan fingerprint density at radius 2 is 1.90 bits per heavy atom. The molecule has 0 aromatic heterocycles. The third-order valence-corrected chi connectivity index (χ3v) is 4.40. The molecule has 1 N–H and O–H groups in total. The first-order valence-corrected chi connectivity index (χ1v) is 7.82. The van der Waals surface area contributed by atoms with Crippen LogP contribution in [0.4, 0.5) is 0 Å². The summed E-state index contributed by atoms with van der Waals surface area (Å²) < 4.78 is 5.89. The fourth-order valence-electron chi connectivity index (χ4n) is 2.81. The van der Waals surface area contributed by atoms with Crippen molar-refractivity contribution in [2.24, 2.45) is 0 Å². The molecule has 0 spiro atoms. The fraction of sp³-hybridized carbons (Fsp3) is 0.368. The number of para-hydroxylation sites is 1. The van der Waals surface area contributed by atoms with Gasteiger partial charge < -0.3 is 10.1 Å². The number of nitrogens with one attached hydrogen (secondary N) is 1. The van der Waals surface area contributed by atoms with Gasteiger partial charge in [0, 0.05) is 0 Å². The number of rotatable bonds is 6. The first kappa shape index (κ1) is 14.2. The number of hydrogen-bond donors (Lipinski definition) is 1. The molecule has 1 aliphatic rings. The van der Waals surface area contributed by atoms with Crippen molar-refractivity contribution in [3.8, 4) is 5.75 Å². The second-order valence-electron chi connectivity index (χ2n) is 5.76. The molecular weight excluding hydrogens is 258 g/mol. The molecule has 110 valence electrons. The molecule has 0 bridgehead atoms. The van der Waals surface area contributed by atoms with Gasteiger partial charge in [-0.2, -0.15) is 0 Å². The van der Waals surface area contributed by atoms with Crippen molar-refractivity contribution in [3.63, 3.8) is 0 Å². The van der Waals surface area contributed by atoms with Gasteiger partial charge in [0.15, 0.2) is 0 Å². The summed E-state index contributed by atoms with van der Waals surface area (Å²) in [4.78, 5) is 0. The van der Waals surface area contributed by atoms with Gasteiger partial charge in [0.05, 0.1) is 6.04 Å². The van der Waals surface area contributed by atoms with Crippen LogP contribution in [0.1, 0.15) is 42.3 Å². The van der Waals surface area contributed by atoms with E-state index >= 15 is 0 Å². The van der Waals surface area contributed by atoms with E-state index in [1.54, 1.807) is 0 Å². The monoisotopic (exact) mass is 281 g/mol. The zero-order valence-corrected chi connectivity index (χ0v) is 12.6. The van der Waals surface area contributed by atoms with Crippen LogP contribution in [0.15, 0.2) is 54.6 Å². The summed E-state index contributed by atoms with van der Waals surface area (Å²) in [6.45, 7) is 0.647. The molecule has 1 atom stereocenters. The Hall–Kier alpha value is -1.80. The standard InChI is InChI=1S/C19H23NO/c1-20-19(14-21-18-11-3-2-4-12-18)17-10-6-9-16(13-17)15-7-5-8-15/h2-4,6,9-13,15,19-20H,5,7-8,14H2,1H3. The Labute approximate surface area is 127 Å². The number of ether oxygens (including phenoxy) is 1. The second-order valence-corrected chi connectivity index (χ2v) is 5.76. The average molecular weight is 281 g/mol. The summed E-state index contributed by atoms with van der Waals surface area (Å²) >= 11 is 0. The molecule has 0 amide bonds. The van der Waals surface area contributed by atoms with E-state index in [0.29, 0.717) is 6.61 Å². The molecule has 2 nitrogen and oxygen atoms in total. The third kappa shape index (κ3) is 3.45. The molecule has 0 radical (unpaired) electrons. The second kappa shape index (κ2) is 6.77. The number of likely N-dealkylation sites (N-methyl/N-ethyl adjacent to an activating group) is 1. The summed E-state index contributed by atoms with van der Waals surface area (Å²) in [7, 11) is 2.00. The van der Waals surface area contributed by atoms with Gasteiger partial charge in [0.25, 0.3) is 0 Å². The Bertz CT molecular complexity index is 563. The van der Waals surface area contributed by atoms with Crippen LogP contribution in [0.5, 0.6) is 5.75 Å². The molecule has 1 fully saturated rings. The van der Waals surface area contributed by atoms with Gasteiger partial charge in [0.1, 0.15) is 12.4 Å². The summed E-state index contributed by atoms with van der Waals surface area (Å²) in [5.41, 5.74) is 2.80. The number of benzene rings is 2. The van der Waals surface area contributed by atoms with Crippen molar-refractivity contribution in [2.75, 3.05) is 13.7 Å². The molecule has 3 rings (SSSR count). The third-order valence-electron chi connectivity index (χ3n) is 4.40. The highest BCUT2D eigenvalue weighted by molar-refractivity contribution is 5.30. The summed E-state index contributed by atoms with van der Waals surface area (Å²) in [5, 5.41) is 3.37.